The van der Waals surface area contributed by atoms with Gasteiger partial charge in [0.05, 0.1) is 25.6 Å². The highest BCUT2D eigenvalue weighted by atomic mass is 16.5. The molecule has 0 saturated carbocycles. The molecule has 12 aromatic carbocycles. The van der Waals surface area contributed by atoms with Gasteiger partial charge in [0, 0.05) is 90.6 Å². The maximum atomic E-state index is 7.50. The van der Waals surface area contributed by atoms with Crippen LogP contribution in [0.1, 0.15) is 11.1 Å². The third-order valence-corrected chi connectivity index (χ3v) is 15.5. The van der Waals surface area contributed by atoms with Crippen LogP contribution in [0.25, 0.3) is 54.6 Å². The molecule has 0 amide bonds. The molecule has 396 valence electrons. The molecule has 8 nitrogen and oxygen atoms in total. The molecule has 0 aliphatic heterocycles. The Labute approximate surface area is 476 Å². The number of aryl methyl sites for hydroxylation is 2. The van der Waals surface area contributed by atoms with E-state index < -0.39 is 0 Å². The first-order valence-electron chi connectivity index (χ1n) is 27.5. The molecule has 0 aliphatic carbocycles. The molecule has 2 heterocycles. The van der Waals surface area contributed by atoms with Gasteiger partial charge in [0.1, 0.15) is 22.7 Å². The van der Waals surface area contributed by atoms with Gasteiger partial charge in [-0.1, -0.05) is 108 Å². The highest BCUT2D eigenvalue weighted by molar-refractivity contribution is 6.32. The summed E-state index contributed by atoms with van der Waals surface area (Å²) in [5, 5.41) is 5.88. The maximum Gasteiger partial charge on any atom is 0.160 e. The summed E-state index contributed by atoms with van der Waals surface area (Å²) in [6.45, 7) is 4.24. The van der Waals surface area contributed by atoms with Gasteiger partial charge in [0.15, 0.2) is 11.2 Å². The molecule has 8 heteroatoms. The van der Waals surface area contributed by atoms with E-state index in [4.69, 9.17) is 18.3 Å². The summed E-state index contributed by atoms with van der Waals surface area (Å²) >= 11 is 0. The smallest absolute Gasteiger partial charge is 0.160 e. The maximum absolute atomic E-state index is 7.50. The fourth-order valence-corrected chi connectivity index (χ4v) is 11.6. The van der Waals surface area contributed by atoms with Crippen LogP contribution in [-0.2, 0) is 0 Å². The average Bonchev–Trinajstić information content (AvgIpc) is 3.34. The summed E-state index contributed by atoms with van der Waals surface area (Å²) in [5.41, 5.74) is 16.9. The van der Waals surface area contributed by atoms with E-state index in [0.29, 0.717) is 0 Å². The first-order valence-corrected chi connectivity index (χ1v) is 27.5. The van der Waals surface area contributed by atoms with Crippen molar-refractivity contribution in [3.05, 3.63) is 278 Å². The normalized spacial score (nSPS) is 11.4. The SMILES string of the molecule is COc1ccc(N(c2ccccc2)c2cc3c(cc(N(c4ccccc4)c4ccc(OC)cc4)c4oc5cc(N(c6ccccc6)c6ccc(C)cc6)ccc5c43)c3c2oc2cc(N(c4ccccc4)c4ccc(C)cc4)ccc23)cc1. The van der Waals surface area contributed by atoms with Crippen molar-refractivity contribution in [2.75, 3.05) is 33.8 Å². The Morgan fingerprint density at radius 2 is 0.549 bits per heavy atom. The van der Waals surface area contributed by atoms with Crippen molar-refractivity contribution < 1.29 is 18.3 Å². The van der Waals surface area contributed by atoms with E-state index in [2.05, 4.69) is 276 Å². The molecule has 14 aromatic rings. The Morgan fingerprint density at radius 3 is 0.878 bits per heavy atom. The minimum absolute atomic E-state index is 0.730. The van der Waals surface area contributed by atoms with Gasteiger partial charge in [-0.25, -0.2) is 0 Å². The number of nitrogens with zero attached hydrogens (tertiary/aromatic N) is 4. The molecular weight excluding hydrogens is 1010 g/mol. The van der Waals surface area contributed by atoms with E-state index in [1.165, 1.54) is 11.1 Å². The molecule has 2 aromatic heterocycles. The fourth-order valence-electron chi connectivity index (χ4n) is 11.6. The molecule has 0 N–H and O–H groups in total. The molecular formula is C74H56N4O4. The van der Waals surface area contributed by atoms with Crippen LogP contribution in [0.4, 0.5) is 68.2 Å². The summed E-state index contributed by atoms with van der Waals surface area (Å²) in [6.07, 6.45) is 0. The van der Waals surface area contributed by atoms with Gasteiger partial charge in [0.25, 0.3) is 0 Å². The molecule has 0 spiro atoms. The van der Waals surface area contributed by atoms with Crippen LogP contribution in [-0.4, -0.2) is 14.2 Å². The minimum Gasteiger partial charge on any atom is -0.497 e. The lowest BCUT2D eigenvalue weighted by Crippen LogP contribution is -2.11. The largest absolute Gasteiger partial charge is 0.497 e. The fraction of sp³-hybridized carbons (Fsp3) is 0.0541. The first-order chi connectivity index (χ1) is 40.4. The molecule has 82 heavy (non-hydrogen) atoms. The molecule has 0 atom stereocenters. The zero-order chi connectivity index (χ0) is 55.3. The van der Waals surface area contributed by atoms with Gasteiger partial charge >= 0.3 is 0 Å². The molecule has 14 rings (SSSR count). The number of ether oxygens (including phenoxy) is 2. The number of hydrogen-bond acceptors (Lipinski definition) is 8. The van der Waals surface area contributed by atoms with E-state index >= 15 is 0 Å². The molecule has 0 saturated heterocycles. The summed E-state index contributed by atoms with van der Waals surface area (Å²) in [5.74, 6) is 1.53. The van der Waals surface area contributed by atoms with Crippen molar-refractivity contribution >= 4 is 123 Å². The monoisotopic (exact) mass is 1060 g/mol. The van der Waals surface area contributed by atoms with Gasteiger partial charge in [-0.15, -0.1) is 0 Å². The second kappa shape index (κ2) is 20.8. The number of fused-ring (bicyclic) bond motifs is 9. The Hall–Kier alpha value is -10.7. The van der Waals surface area contributed by atoms with Crippen molar-refractivity contribution in [1.82, 2.24) is 0 Å². The van der Waals surface area contributed by atoms with E-state index in [0.717, 1.165) is 134 Å². The Bertz CT molecular complexity index is 4290. The molecule has 0 unspecified atom stereocenters. The van der Waals surface area contributed by atoms with Crippen molar-refractivity contribution in [3.8, 4) is 11.5 Å². The Kier molecular flexibility index (Phi) is 12.6. The average molecular weight is 1070 g/mol. The van der Waals surface area contributed by atoms with Crippen molar-refractivity contribution in [2.24, 2.45) is 0 Å². The van der Waals surface area contributed by atoms with Gasteiger partial charge in [-0.05, 0) is 182 Å². The minimum atomic E-state index is 0.730. The lowest BCUT2D eigenvalue weighted by atomic mass is 9.96. The van der Waals surface area contributed by atoms with Crippen LogP contribution in [0.3, 0.4) is 0 Å². The number of rotatable bonds is 14. The van der Waals surface area contributed by atoms with Crippen LogP contribution in [0.15, 0.2) is 276 Å². The summed E-state index contributed by atoms with van der Waals surface area (Å²) in [7, 11) is 3.40. The molecule has 0 aliphatic rings. The quantitative estimate of drug-likeness (QED) is 0.107. The number of furan rings is 2. The third-order valence-electron chi connectivity index (χ3n) is 15.5. The molecule has 0 bridgehead atoms. The number of benzene rings is 12. The lowest BCUT2D eigenvalue weighted by molar-refractivity contribution is 0.414. The number of anilines is 12. The van der Waals surface area contributed by atoms with Gasteiger partial charge < -0.3 is 37.9 Å². The second-order valence-corrected chi connectivity index (χ2v) is 20.6. The van der Waals surface area contributed by atoms with Crippen molar-refractivity contribution in [1.29, 1.82) is 0 Å². The van der Waals surface area contributed by atoms with Crippen molar-refractivity contribution in [2.45, 2.75) is 13.8 Å². The lowest BCUT2D eigenvalue weighted by Gasteiger charge is -2.28. The highest BCUT2D eigenvalue weighted by Crippen LogP contribution is 2.53. The zero-order valence-electron chi connectivity index (χ0n) is 45.8. The van der Waals surface area contributed by atoms with Crippen LogP contribution < -0.4 is 29.1 Å². The predicted octanol–water partition coefficient (Wildman–Crippen LogP) is 21.2. The van der Waals surface area contributed by atoms with E-state index in [-0.39, 0.29) is 0 Å². The van der Waals surface area contributed by atoms with Crippen LogP contribution in [0, 0.1) is 13.8 Å². The van der Waals surface area contributed by atoms with E-state index in [1.54, 1.807) is 14.2 Å². The van der Waals surface area contributed by atoms with E-state index in [1.807, 2.05) is 24.3 Å². The van der Waals surface area contributed by atoms with Crippen LogP contribution >= 0.6 is 0 Å². The summed E-state index contributed by atoms with van der Waals surface area (Å²) < 4.78 is 26.5. The highest BCUT2D eigenvalue weighted by Gasteiger charge is 2.29. The second-order valence-electron chi connectivity index (χ2n) is 20.6. The van der Waals surface area contributed by atoms with Gasteiger partial charge in [-0.3, -0.25) is 0 Å². The number of methoxy groups -OCH3 is 2. The van der Waals surface area contributed by atoms with Gasteiger partial charge in [-0.2, -0.15) is 0 Å². The van der Waals surface area contributed by atoms with Crippen molar-refractivity contribution in [3.63, 3.8) is 0 Å². The Balaban J connectivity index is 1.12. The Morgan fingerprint density at radius 1 is 0.268 bits per heavy atom. The summed E-state index contributed by atoms with van der Waals surface area (Å²) in [6, 6.07) is 93.7. The third kappa shape index (κ3) is 8.83. The molecule has 0 fully saturated rings. The number of hydrogen-bond donors (Lipinski definition) is 0. The first kappa shape index (κ1) is 49.6. The summed E-state index contributed by atoms with van der Waals surface area (Å²) in [4.78, 5) is 9.16. The van der Waals surface area contributed by atoms with E-state index in [9.17, 15) is 0 Å². The van der Waals surface area contributed by atoms with Gasteiger partial charge in [0.2, 0.25) is 0 Å². The molecule has 0 radical (unpaired) electrons. The van der Waals surface area contributed by atoms with Crippen LogP contribution in [0.5, 0.6) is 11.5 Å². The predicted molar refractivity (Wildman–Crippen MR) is 340 cm³/mol. The number of para-hydroxylation sites is 4. The topological polar surface area (TPSA) is 57.7 Å². The standard InChI is InChI=1S/C74H56N4O4/c1-49-25-29-55(30-26-49)75(51-17-9-5-10-18-51)59-37-43-63-69(45-59)81-73-67(77(53-21-13-7-14-22-53)57-33-39-61(79-3)40-34-57)48-66-65(71(63)73)47-68(78(54-23-15-8-16-24-54)58-35-41-62(80-4)42-36-58)74-72(66)64-44-38-60(46-70(64)82-74)76(52-19-11-6-12-20-52)56-31-27-50(2)28-32-56/h5-48H,1-4H3. The zero-order valence-corrected chi connectivity index (χ0v) is 45.8. The van der Waals surface area contributed by atoms with Crippen LogP contribution in [0.2, 0.25) is 0 Å².